The first-order valence-corrected chi connectivity index (χ1v) is 5.56. The van der Waals surface area contributed by atoms with Gasteiger partial charge in [-0.1, -0.05) is 34.8 Å². The van der Waals surface area contributed by atoms with Gasteiger partial charge in [-0.3, -0.25) is 10.1 Å². The average Bonchev–Trinajstić information content (AvgIpc) is 1.97. The van der Waals surface area contributed by atoms with Gasteiger partial charge in [0.05, 0.1) is 0 Å². The fourth-order valence-electron chi connectivity index (χ4n) is 0. The average molecular weight is 353 g/mol. The van der Waals surface area contributed by atoms with Gasteiger partial charge in [0.15, 0.2) is 7.05 Å². The van der Waals surface area contributed by atoms with Crippen molar-refractivity contribution in [1.82, 2.24) is 0 Å². The zero-order valence-corrected chi connectivity index (χ0v) is 12.9. The predicted molar refractivity (Wildman–Crippen MR) is 68.4 cm³/mol. The zero-order chi connectivity index (χ0) is 16.9. The second-order valence-electron chi connectivity index (χ2n) is 2.66. The van der Waals surface area contributed by atoms with E-state index in [1.54, 1.807) is 6.92 Å². The summed E-state index contributed by atoms with van der Waals surface area (Å²) in [6.07, 6.45) is -4.77. The van der Waals surface area contributed by atoms with Crippen LogP contribution in [-0.4, -0.2) is 39.4 Å². The van der Waals surface area contributed by atoms with Crippen molar-refractivity contribution in [2.45, 2.75) is 30.7 Å². The number of Topliss-reactive ketones (excluding diaryl/α,β-unsaturated/α-hetero) is 1. The smallest absolute Gasteiger partial charge is 0.397 e. The van der Waals surface area contributed by atoms with Crippen molar-refractivity contribution >= 4 is 40.6 Å². The van der Waals surface area contributed by atoms with E-state index >= 15 is 0 Å². The molecule has 0 aliphatic rings. The van der Waals surface area contributed by atoms with Gasteiger partial charge in [-0.15, -0.1) is 0 Å². The van der Waals surface area contributed by atoms with Crippen LogP contribution >= 0.6 is 34.8 Å². The molecule has 0 spiro atoms. The van der Waals surface area contributed by atoms with Gasteiger partial charge in [0.2, 0.25) is 0 Å². The maximum atomic E-state index is 11.2. The molecule has 0 saturated carbocycles. The molecule has 0 amide bonds. The fourth-order valence-corrected chi connectivity index (χ4v) is 0. The molecule has 0 rings (SSSR count). The van der Waals surface area contributed by atoms with E-state index < -0.39 is 14.9 Å². The van der Waals surface area contributed by atoms with Crippen molar-refractivity contribution in [1.29, 1.82) is 0 Å². The van der Waals surface area contributed by atoms with Gasteiger partial charge in [0.25, 0.3) is 3.79 Å². The second-order valence-corrected chi connectivity index (χ2v) is 4.94. The molecule has 0 aliphatic heterocycles. The second kappa shape index (κ2) is 14.1. The summed E-state index contributed by atoms with van der Waals surface area (Å²) in [7, 11) is 0.889. The quantitative estimate of drug-likeness (QED) is 0.411. The van der Waals surface area contributed by atoms with Crippen LogP contribution in [0, 0.1) is 10.1 Å². The molecule has 118 valence electrons. The lowest BCUT2D eigenvalue weighted by Gasteiger charge is -2.13. The van der Waals surface area contributed by atoms with Gasteiger partial charge < -0.3 is 9.90 Å². The van der Waals surface area contributed by atoms with E-state index in [4.69, 9.17) is 15.2 Å². The number of carbonyl (C=O) groups is 1. The molecular formula is C8H15Cl3F3NO4. The molecule has 1 N–H and O–H groups in total. The van der Waals surface area contributed by atoms with E-state index in [9.17, 15) is 18.0 Å². The van der Waals surface area contributed by atoms with Crippen LogP contribution in [-0.2, 0) is 4.79 Å². The maximum absolute atomic E-state index is 11.2. The molecule has 11 heteroatoms. The number of carbonyl (C=O) groups excluding carboxylic acids is 1. The first-order chi connectivity index (χ1) is 8.13. The Labute approximate surface area is 123 Å². The lowest BCUT2D eigenvalue weighted by Crippen LogP contribution is -2.27. The molecule has 0 aromatic rings. The number of hydrogen-bond acceptors (Lipinski definition) is 4. The highest BCUT2D eigenvalue weighted by Crippen LogP contribution is 2.42. The molecule has 0 aliphatic carbocycles. The van der Waals surface area contributed by atoms with Crippen LogP contribution in [0.25, 0.3) is 0 Å². The maximum Gasteiger partial charge on any atom is 0.435 e. The van der Waals surface area contributed by atoms with Gasteiger partial charge in [0.1, 0.15) is 5.78 Å². The van der Waals surface area contributed by atoms with Crippen LogP contribution in [0.5, 0.6) is 0 Å². The summed E-state index contributed by atoms with van der Waals surface area (Å²) in [6.45, 7) is 4.99. The Morgan fingerprint density at radius 1 is 1.26 bits per heavy atom. The van der Waals surface area contributed by atoms with Crippen LogP contribution in [0.1, 0.15) is 20.8 Å². The van der Waals surface area contributed by atoms with Gasteiger partial charge in [-0.25, -0.2) is 0 Å². The van der Waals surface area contributed by atoms with Crippen molar-refractivity contribution in [2.75, 3.05) is 13.7 Å². The molecule has 0 fully saturated rings. The lowest BCUT2D eigenvalue weighted by molar-refractivity contribution is -0.445. The van der Waals surface area contributed by atoms with Crippen LogP contribution in [0.15, 0.2) is 0 Å². The minimum Gasteiger partial charge on any atom is -0.397 e. The van der Waals surface area contributed by atoms with E-state index in [1.807, 2.05) is 0 Å². The molecule has 0 atom stereocenters. The lowest BCUT2D eigenvalue weighted by atomic mass is 10.6. The Balaban J connectivity index is -0.0000000871. The molecule has 0 saturated heterocycles. The third-order valence-electron chi connectivity index (χ3n) is 0.321. The summed E-state index contributed by atoms with van der Waals surface area (Å²) < 4.78 is 30.4. The van der Waals surface area contributed by atoms with Crippen molar-refractivity contribution < 1.29 is 28.0 Å². The number of alkyl halides is 6. The van der Waals surface area contributed by atoms with Crippen molar-refractivity contribution in [2.24, 2.45) is 0 Å². The van der Waals surface area contributed by atoms with Crippen LogP contribution in [0.4, 0.5) is 13.2 Å². The number of nitrogens with zero attached hydrogens (tertiary/aromatic N) is 1. The van der Waals surface area contributed by atoms with Gasteiger partial charge in [-0.2, -0.15) is 13.2 Å². The van der Waals surface area contributed by atoms with Crippen LogP contribution in [0.3, 0.4) is 0 Å². The number of rotatable bonds is 0. The fraction of sp³-hybridized carbons (Fsp3) is 0.875. The minimum atomic E-state index is -4.77. The summed E-state index contributed by atoms with van der Waals surface area (Å²) in [6, 6.07) is 0. The normalized spacial score (nSPS) is 9.63. The summed E-state index contributed by atoms with van der Waals surface area (Å²) in [5, 5.41) is 16.4. The molecular weight excluding hydrogens is 337 g/mol. The molecule has 0 bridgehead atoms. The van der Waals surface area contributed by atoms with Crippen molar-refractivity contribution in [3.05, 3.63) is 10.1 Å². The van der Waals surface area contributed by atoms with E-state index in [2.05, 4.69) is 34.8 Å². The monoisotopic (exact) mass is 351 g/mol. The van der Waals surface area contributed by atoms with E-state index in [0.29, 0.717) is 0 Å². The largest absolute Gasteiger partial charge is 0.435 e. The molecule has 0 aromatic carbocycles. The Morgan fingerprint density at radius 2 is 1.32 bits per heavy atom. The van der Waals surface area contributed by atoms with E-state index in [0.717, 1.165) is 7.05 Å². The Bertz CT molecular complexity index is 212. The Hall–Kier alpha value is -0.310. The Morgan fingerprint density at radius 3 is 1.32 bits per heavy atom. The molecule has 5 nitrogen and oxygen atoms in total. The van der Waals surface area contributed by atoms with Gasteiger partial charge in [0, 0.05) is 11.5 Å². The molecule has 0 heterocycles. The highest BCUT2D eigenvalue weighted by Gasteiger charge is 2.51. The SMILES string of the molecule is CC(C)=O.CCO.C[N+](=O)[O-].FC(F)(F)C(Cl)(Cl)Cl. The van der Waals surface area contributed by atoms with E-state index in [-0.39, 0.29) is 12.4 Å². The van der Waals surface area contributed by atoms with Crippen LogP contribution < -0.4 is 0 Å². The number of halogens is 6. The van der Waals surface area contributed by atoms with Crippen LogP contribution in [0.2, 0.25) is 0 Å². The standard InChI is InChI=1S/C3H6O.C2Cl3F3.C2H6O.CH3NO2/c1-3(2)4;3-1(4,5)2(6,7)8;1-2-3;1-2(3)4/h1-2H3;;3H,2H2,1H3;1H3. The first kappa shape index (κ1) is 27.1. The highest BCUT2D eigenvalue weighted by atomic mass is 35.6. The number of ketones is 1. The van der Waals surface area contributed by atoms with Gasteiger partial charge in [-0.05, 0) is 20.8 Å². The van der Waals surface area contributed by atoms with Crippen molar-refractivity contribution in [3.63, 3.8) is 0 Å². The Kier molecular flexibility index (Phi) is 20.1. The number of nitro groups is 1. The molecule has 0 aromatic heterocycles. The first-order valence-electron chi connectivity index (χ1n) is 4.42. The third kappa shape index (κ3) is 57.7. The third-order valence-corrected chi connectivity index (χ3v) is 0.964. The predicted octanol–water partition coefficient (Wildman–Crippen LogP) is 3.41. The summed E-state index contributed by atoms with van der Waals surface area (Å²) in [5.74, 6) is 0.167. The summed E-state index contributed by atoms with van der Waals surface area (Å²) >= 11 is 13.2. The van der Waals surface area contributed by atoms with E-state index in [1.165, 1.54) is 13.8 Å². The summed E-state index contributed by atoms with van der Waals surface area (Å²) in [5.41, 5.74) is 0. The molecule has 0 radical (unpaired) electrons. The summed E-state index contributed by atoms with van der Waals surface area (Å²) in [4.78, 5) is 17.8. The minimum absolute atomic E-state index is 0.167. The topological polar surface area (TPSA) is 80.4 Å². The molecule has 0 unspecified atom stereocenters. The molecule has 19 heavy (non-hydrogen) atoms. The highest BCUT2D eigenvalue weighted by molar-refractivity contribution is 6.68. The zero-order valence-electron chi connectivity index (χ0n) is 10.6. The van der Waals surface area contributed by atoms with Crippen molar-refractivity contribution in [3.8, 4) is 0 Å². The van der Waals surface area contributed by atoms with Gasteiger partial charge >= 0.3 is 6.18 Å². The number of aliphatic hydroxyl groups excluding tert-OH is 1. The number of hydrogen-bond donors (Lipinski definition) is 1. The number of aliphatic hydroxyl groups is 1.